The Hall–Kier alpha value is -3.87. The standard InChI is InChI=1S/C22H20N4O3/c27-22(23-14-13-21-25-24-20-8-4-5-15-26(20)21)16-28-17-9-11-19(12-10-17)29-18-6-2-1-3-7-18/h1-12,15H,13-14,16H2,(H,23,27). The van der Waals surface area contributed by atoms with Gasteiger partial charge in [-0.2, -0.15) is 0 Å². The molecule has 0 aliphatic carbocycles. The zero-order valence-corrected chi connectivity index (χ0v) is 15.7. The maximum absolute atomic E-state index is 12.0. The number of amides is 1. The Morgan fingerprint density at radius 3 is 2.41 bits per heavy atom. The summed E-state index contributed by atoms with van der Waals surface area (Å²) in [5, 5.41) is 11.1. The minimum Gasteiger partial charge on any atom is -0.484 e. The maximum atomic E-state index is 12.0. The number of hydrogen-bond acceptors (Lipinski definition) is 5. The topological polar surface area (TPSA) is 77.8 Å². The van der Waals surface area contributed by atoms with E-state index in [2.05, 4.69) is 15.5 Å². The average molecular weight is 388 g/mol. The lowest BCUT2D eigenvalue weighted by atomic mass is 10.3. The number of hydrogen-bond donors (Lipinski definition) is 1. The number of carbonyl (C=O) groups excluding carboxylic acids is 1. The van der Waals surface area contributed by atoms with Crippen molar-refractivity contribution in [3.8, 4) is 17.2 Å². The van der Waals surface area contributed by atoms with Gasteiger partial charge >= 0.3 is 0 Å². The number of ether oxygens (including phenoxy) is 2. The first-order valence-corrected chi connectivity index (χ1v) is 9.29. The predicted molar refractivity (Wildman–Crippen MR) is 108 cm³/mol. The summed E-state index contributed by atoms with van der Waals surface area (Å²) >= 11 is 0. The van der Waals surface area contributed by atoms with Gasteiger partial charge in [0.05, 0.1) is 0 Å². The first-order chi connectivity index (χ1) is 14.3. The third kappa shape index (κ3) is 4.90. The molecule has 0 saturated heterocycles. The number of fused-ring (bicyclic) bond motifs is 1. The minimum atomic E-state index is -0.191. The Balaban J connectivity index is 1.21. The number of rotatable bonds is 8. The number of benzene rings is 2. The molecular weight excluding hydrogens is 368 g/mol. The second-order valence-electron chi connectivity index (χ2n) is 6.32. The molecule has 0 aliphatic rings. The van der Waals surface area contributed by atoms with Crippen LogP contribution in [-0.2, 0) is 11.2 Å². The lowest BCUT2D eigenvalue weighted by Gasteiger charge is -2.09. The van der Waals surface area contributed by atoms with E-state index in [4.69, 9.17) is 9.47 Å². The van der Waals surface area contributed by atoms with Gasteiger partial charge in [-0.15, -0.1) is 10.2 Å². The van der Waals surface area contributed by atoms with Crippen LogP contribution in [0.3, 0.4) is 0 Å². The zero-order valence-electron chi connectivity index (χ0n) is 15.7. The van der Waals surface area contributed by atoms with Crippen molar-refractivity contribution in [3.63, 3.8) is 0 Å². The Labute approximate surface area is 167 Å². The van der Waals surface area contributed by atoms with Gasteiger partial charge in [-0.1, -0.05) is 24.3 Å². The monoisotopic (exact) mass is 388 g/mol. The molecule has 0 saturated carbocycles. The van der Waals surface area contributed by atoms with Crippen molar-refractivity contribution in [2.45, 2.75) is 6.42 Å². The van der Waals surface area contributed by atoms with Gasteiger partial charge in [0.25, 0.3) is 5.91 Å². The smallest absolute Gasteiger partial charge is 0.257 e. The molecule has 2 heterocycles. The summed E-state index contributed by atoms with van der Waals surface area (Å²) in [6.45, 7) is 0.404. The van der Waals surface area contributed by atoms with Gasteiger partial charge in [-0.3, -0.25) is 9.20 Å². The highest BCUT2D eigenvalue weighted by Crippen LogP contribution is 2.23. The number of carbonyl (C=O) groups is 1. The molecule has 29 heavy (non-hydrogen) atoms. The maximum Gasteiger partial charge on any atom is 0.257 e. The largest absolute Gasteiger partial charge is 0.484 e. The summed E-state index contributed by atoms with van der Waals surface area (Å²) < 4.78 is 13.2. The fraction of sp³-hybridized carbons (Fsp3) is 0.136. The highest BCUT2D eigenvalue weighted by Gasteiger charge is 2.07. The van der Waals surface area contributed by atoms with Gasteiger partial charge in [0.2, 0.25) is 0 Å². The minimum absolute atomic E-state index is 0.0561. The first kappa shape index (κ1) is 18.5. The van der Waals surface area contributed by atoms with Crippen molar-refractivity contribution in [1.82, 2.24) is 19.9 Å². The van der Waals surface area contributed by atoms with E-state index in [1.54, 1.807) is 24.3 Å². The summed E-state index contributed by atoms with van der Waals surface area (Å²) in [5.74, 6) is 2.68. The Morgan fingerprint density at radius 2 is 1.59 bits per heavy atom. The van der Waals surface area contributed by atoms with Crippen molar-refractivity contribution in [2.24, 2.45) is 0 Å². The molecule has 7 nitrogen and oxygen atoms in total. The number of pyridine rings is 1. The number of aromatic nitrogens is 3. The van der Waals surface area contributed by atoms with Crippen LogP contribution in [0.4, 0.5) is 0 Å². The van der Waals surface area contributed by atoms with Gasteiger partial charge in [0.15, 0.2) is 12.3 Å². The lowest BCUT2D eigenvalue weighted by Crippen LogP contribution is -2.30. The van der Waals surface area contributed by atoms with Crippen molar-refractivity contribution < 1.29 is 14.3 Å². The number of nitrogens with one attached hydrogen (secondary N) is 1. The van der Waals surface area contributed by atoms with E-state index in [1.807, 2.05) is 59.1 Å². The third-order valence-electron chi connectivity index (χ3n) is 4.23. The molecule has 0 unspecified atom stereocenters. The fourth-order valence-corrected chi connectivity index (χ4v) is 2.80. The van der Waals surface area contributed by atoms with E-state index in [0.29, 0.717) is 24.5 Å². The van der Waals surface area contributed by atoms with Crippen molar-refractivity contribution in [3.05, 3.63) is 84.8 Å². The molecule has 0 fully saturated rings. The Kier molecular flexibility index (Phi) is 5.66. The van der Waals surface area contributed by atoms with Crippen LogP contribution < -0.4 is 14.8 Å². The second-order valence-corrected chi connectivity index (χ2v) is 6.32. The molecule has 0 atom stereocenters. The Morgan fingerprint density at radius 1 is 0.862 bits per heavy atom. The molecule has 2 aromatic carbocycles. The van der Waals surface area contributed by atoms with Gasteiger partial charge in [0, 0.05) is 19.2 Å². The number of para-hydroxylation sites is 1. The third-order valence-corrected chi connectivity index (χ3v) is 4.23. The van der Waals surface area contributed by atoms with Crippen LogP contribution >= 0.6 is 0 Å². The van der Waals surface area contributed by atoms with E-state index < -0.39 is 0 Å². The molecule has 2 aromatic heterocycles. The molecular formula is C22H20N4O3. The van der Waals surface area contributed by atoms with Crippen LogP contribution in [0, 0.1) is 0 Å². The van der Waals surface area contributed by atoms with E-state index >= 15 is 0 Å². The quantitative estimate of drug-likeness (QED) is 0.501. The highest BCUT2D eigenvalue weighted by atomic mass is 16.5. The van der Waals surface area contributed by atoms with Crippen molar-refractivity contribution >= 4 is 11.6 Å². The second kappa shape index (κ2) is 8.88. The number of nitrogens with zero attached hydrogens (tertiary/aromatic N) is 3. The van der Waals surface area contributed by atoms with E-state index in [1.165, 1.54) is 0 Å². The van der Waals surface area contributed by atoms with Crippen molar-refractivity contribution in [1.29, 1.82) is 0 Å². The van der Waals surface area contributed by atoms with Gasteiger partial charge in [-0.05, 0) is 48.5 Å². The van der Waals surface area contributed by atoms with E-state index in [-0.39, 0.29) is 12.5 Å². The van der Waals surface area contributed by atoms with Crippen LogP contribution in [0.5, 0.6) is 17.2 Å². The first-order valence-electron chi connectivity index (χ1n) is 9.29. The molecule has 146 valence electrons. The van der Waals surface area contributed by atoms with Crippen LogP contribution in [0.25, 0.3) is 5.65 Å². The molecule has 1 N–H and O–H groups in total. The van der Waals surface area contributed by atoms with Gasteiger partial charge < -0.3 is 14.8 Å². The molecule has 0 bridgehead atoms. The lowest BCUT2D eigenvalue weighted by molar-refractivity contribution is -0.123. The summed E-state index contributed by atoms with van der Waals surface area (Å²) in [5.41, 5.74) is 0.789. The van der Waals surface area contributed by atoms with Crippen LogP contribution in [0.15, 0.2) is 79.0 Å². The predicted octanol–water partition coefficient (Wildman–Crippen LogP) is 3.26. The molecule has 1 amide bonds. The van der Waals surface area contributed by atoms with Gasteiger partial charge in [-0.25, -0.2) is 0 Å². The van der Waals surface area contributed by atoms with E-state index in [9.17, 15) is 4.79 Å². The summed E-state index contributed by atoms with van der Waals surface area (Å²) in [6.07, 6.45) is 2.49. The molecule has 4 aromatic rings. The summed E-state index contributed by atoms with van der Waals surface area (Å²) in [4.78, 5) is 12.0. The van der Waals surface area contributed by atoms with Crippen molar-refractivity contribution in [2.75, 3.05) is 13.2 Å². The molecule has 0 aliphatic heterocycles. The molecule has 4 rings (SSSR count). The Bertz CT molecular complexity index is 1080. The van der Waals surface area contributed by atoms with Crippen LogP contribution in [0.1, 0.15) is 5.82 Å². The van der Waals surface area contributed by atoms with Gasteiger partial charge in [0.1, 0.15) is 23.1 Å². The van der Waals surface area contributed by atoms with Crippen LogP contribution in [-0.4, -0.2) is 33.7 Å². The summed E-state index contributed by atoms with van der Waals surface area (Å²) in [7, 11) is 0. The normalized spacial score (nSPS) is 10.6. The molecule has 0 radical (unpaired) electrons. The highest BCUT2D eigenvalue weighted by molar-refractivity contribution is 5.77. The van der Waals surface area contributed by atoms with Crippen LogP contribution in [0.2, 0.25) is 0 Å². The average Bonchev–Trinajstić information content (AvgIpc) is 3.17. The van der Waals surface area contributed by atoms with E-state index in [0.717, 1.165) is 17.2 Å². The SMILES string of the molecule is O=C(COc1ccc(Oc2ccccc2)cc1)NCCc1nnc2ccccn12. The summed E-state index contributed by atoms with van der Waals surface area (Å²) in [6, 6.07) is 22.4. The fourth-order valence-electron chi connectivity index (χ4n) is 2.80. The molecule has 7 heteroatoms. The zero-order chi connectivity index (χ0) is 19.9. The molecule has 0 spiro atoms.